The molecule has 6 nitrogen and oxygen atoms in total. The highest BCUT2D eigenvalue weighted by atomic mass is 32.1. The molecule has 25 heavy (non-hydrogen) atoms. The van der Waals surface area contributed by atoms with Crippen molar-refractivity contribution in [2.75, 3.05) is 0 Å². The fraction of sp³-hybridized carbons (Fsp3) is 0. The first-order valence-corrected chi connectivity index (χ1v) is 8.38. The van der Waals surface area contributed by atoms with E-state index in [2.05, 4.69) is 15.5 Å². The molecule has 4 rings (SSSR count). The minimum absolute atomic E-state index is 0.371. The van der Waals surface area contributed by atoms with Crippen molar-refractivity contribution in [1.82, 2.24) is 20.2 Å². The van der Waals surface area contributed by atoms with Gasteiger partial charge in [0.25, 0.3) is 0 Å². The average molecular weight is 348 g/mol. The van der Waals surface area contributed by atoms with E-state index in [4.69, 9.17) is 4.74 Å². The molecule has 0 aliphatic heterocycles. The van der Waals surface area contributed by atoms with Crippen LogP contribution in [0.3, 0.4) is 0 Å². The molecule has 0 aliphatic rings. The van der Waals surface area contributed by atoms with Crippen LogP contribution in [0, 0.1) is 0 Å². The Labute approximate surface area is 147 Å². The van der Waals surface area contributed by atoms with E-state index in [1.54, 1.807) is 24.3 Å². The topological polar surface area (TPSA) is 69.9 Å². The summed E-state index contributed by atoms with van der Waals surface area (Å²) in [4.78, 5) is 13.1. The normalized spacial score (nSPS) is 10.6. The van der Waals surface area contributed by atoms with Gasteiger partial charge in [0, 0.05) is 5.56 Å². The van der Waals surface area contributed by atoms with Crippen LogP contribution in [-0.2, 0) is 0 Å². The zero-order valence-electron chi connectivity index (χ0n) is 12.9. The summed E-state index contributed by atoms with van der Waals surface area (Å²) < 4.78 is 7.03. The summed E-state index contributed by atoms with van der Waals surface area (Å²) in [5, 5.41) is 12.9. The Kier molecular flexibility index (Phi) is 4.05. The first-order chi connectivity index (χ1) is 12.3. The second kappa shape index (κ2) is 6.66. The van der Waals surface area contributed by atoms with Crippen LogP contribution in [0.15, 0.2) is 72.4 Å². The lowest BCUT2D eigenvalue weighted by atomic mass is 10.1. The molecular formula is C18H12N4O2S. The Morgan fingerprint density at radius 3 is 2.52 bits per heavy atom. The van der Waals surface area contributed by atoms with Crippen LogP contribution >= 0.6 is 11.3 Å². The average Bonchev–Trinajstić information content (AvgIpc) is 3.35. The number of thiophene rings is 1. The van der Waals surface area contributed by atoms with Crippen molar-refractivity contribution in [1.29, 1.82) is 0 Å². The predicted octanol–water partition coefficient (Wildman–Crippen LogP) is 3.61. The van der Waals surface area contributed by atoms with Gasteiger partial charge in [0.1, 0.15) is 17.0 Å². The lowest BCUT2D eigenvalue weighted by molar-refractivity contribution is 0.0740. The van der Waals surface area contributed by atoms with Crippen LogP contribution in [0.25, 0.3) is 16.8 Å². The van der Waals surface area contributed by atoms with E-state index in [1.807, 2.05) is 41.8 Å². The molecule has 0 spiro atoms. The molecule has 2 aromatic carbocycles. The molecule has 0 N–H and O–H groups in total. The quantitative estimate of drug-likeness (QED) is 0.416. The summed E-state index contributed by atoms with van der Waals surface area (Å²) in [7, 11) is 0. The van der Waals surface area contributed by atoms with Gasteiger partial charge in [-0.1, -0.05) is 30.3 Å². The molecular weight excluding hydrogens is 336 g/mol. The smallest absolute Gasteiger partial charge is 0.354 e. The summed E-state index contributed by atoms with van der Waals surface area (Å²) in [6.45, 7) is 0. The van der Waals surface area contributed by atoms with Gasteiger partial charge >= 0.3 is 5.97 Å². The van der Waals surface area contributed by atoms with Crippen molar-refractivity contribution in [3.05, 3.63) is 77.2 Å². The van der Waals surface area contributed by atoms with Crippen molar-refractivity contribution in [2.45, 2.75) is 0 Å². The molecule has 2 aromatic heterocycles. The highest BCUT2D eigenvalue weighted by Crippen LogP contribution is 2.29. The summed E-state index contributed by atoms with van der Waals surface area (Å²) >= 11 is 1.37. The lowest BCUT2D eigenvalue weighted by Crippen LogP contribution is -2.08. The Morgan fingerprint density at radius 2 is 1.80 bits per heavy atom. The Hall–Kier alpha value is -3.32. The number of hydrogen-bond acceptors (Lipinski definition) is 6. The number of tetrazole rings is 1. The first kappa shape index (κ1) is 15.2. The van der Waals surface area contributed by atoms with E-state index in [1.165, 1.54) is 22.3 Å². The van der Waals surface area contributed by atoms with Gasteiger partial charge in [0.15, 0.2) is 0 Å². The third kappa shape index (κ3) is 3.17. The number of carbonyl (C=O) groups is 1. The van der Waals surface area contributed by atoms with Crippen molar-refractivity contribution < 1.29 is 9.53 Å². The zero-order valence-corrected chi connectivity index (χ0v) is 13.8. The van der Waals surface area contributed by atoms with E-state index in [9.17, 15) is 4.79 Å². The van der Waals surface area contributed by atoms with Crippen LogP contribution in [0.2, 0.25) is 0 Å². The standard InChI is InChI=1S/C18H12N4O2S/c23-18(17-16(10-11-25-17)13-4-2-1-3-5-13)24-15-8-6-14(7-9-15)22-12-19-20-21-22/h1-12H. The molecule has 0 saturated heterocycles. The van der Waals surface area contributed by atoms with Crippen molar-refractivity contribution in [2.24, 2.45) is 0 Å². The monoisotopic (exact) mass is 348 g/mol. The highest BCUT2D eigenvalue weighted by molar-refractivity contribution is 7.12. The van der Waals surface area contributed by atoms with Gasteiger partial charge < -0.3 is 4.74 Å². The van der Waals surface area contributed by atoms with Gasteiger partial charge in [0.2, 0.25) is 0 Å². The lowest BCUT2D eigenvalue weighted by Gasteiger charge is -2.06. The molecule has 0 bridgehead atoms. The van der Waals surface area contributed by atoms with Gasteiger partial charge in [-0.3, -0.25) is 0 Å². The van der Waals surface area contributed by atoms with E-state index < -0.39 is 0 Å². The third-order valence-electron chi connectivity index (χ3n) is 3.60. The van der Waals surface area contributed by atoms with E-state index in [0.717, 1.165) is 16.8 Å². The minimum atomic E-state index is -0.371. The van der Waals surface area contributed by atoms with E-state index in [-0.39, 0.29) is 5.97 Å². The van der Waals surface area contributed by atoms with Crippen molar-refractivity contribution in [3.8, 4) is 22.6 Å². The zero-order chi connectivity index (χ0) is 17.1. The van der Waals surface area contributed by atoms with Crippen molar-refractivity contribution in [3.63, 3.8) is 0 Å². The Balaban J connectivity index is 1.54. The first-order valence-electron chi connectivity index (χ1n) is 7.50. The van der Waals surface area contributed by atoms with Gasteiger partial charge in [-0.2, -0.15) is 0 Å². The van der Waals surface area contributed by atoms with E-state index >= 15 is 0 Å². The summed E-state index contributed by atoms with van der Waals surface area (Å²) in [6.07, 6.45) is 1.50. The predicted molar refractivity (Wildman–Crippen MR) is 93.9 cm³/mol. The molecule has 0 unspecified atom stereocenters. The second-order valence-corrected chi connectivity index (χ2v) is 6.08. The Bertz CT molecular complexity index is 980. The molecule has 2 heterocycles. The highest BCUT2D eigenvalue weighted by Gasteiger charge is 2.16. The SMILES string of the molecule is O=C(Oc1ccc(-n2cnnn2)cc1)c1sccc1-c1ccccc1. The molecule has 4 aromatic rings. The van der Waals surface area contributed by atoms with Crippen LogP contribution < -0.4 is 4.74 Å². The summed E-state index contributed by atoms with van der Waals surface area (Å²) in [5.41, 5.74) is 2.65. The number of aromatic nitrogens is 4. The van der Waals surface area contributed by atoms with Gasteiger partial charge in [0.05, 0.1) is 5.69 Å². The summed E-state index contributed by atoms with van der Waals surface area (Å²) in [6, 6.07) is 18.7. The van der Waals surface area contributed by atoms with Crippen LogP contribution in [0.5, 0.6) is 5.75 Å². The van der Waals surface area contributed by atoms with Gasteiger partial charge in [-0.05, 0) is 51.7 Å². The number of carbonyl (C=O) groups excluding carboxylic acids is 1. The molecule has 0 saturated carbocycles. The number of ether oxygens (including phenoxy) is 1. The van der Waals surface area contributed by atoms with Crippen LogP contribution in [-0.4, -0.2) is 26.2 Å². The maximum absolute atomic E-state index is 12.5. The number of rotatable bonds is 4. The molecule has 0 radical (unpaired) electrons. The number of hydrogen-bond donors (Lipinski definition) is 0. The molecule has 0 aliphatic carbocycles. The molecule has 122 valence electrons. The van der Waals surface area contributed by atoms with Crippen LogP contribution in [0.1, 0.15) is 9.67 Å². The maximum atomic E-state index is 12.5. The van der Waals surface area contributed by atoms with Crippen molar-refractivity contribution >= 4 is 17.3 Å². The number of esters is 1. The number of nitrogens with zero attached hydrogens (tertiary/aromatic N) is 4. The molecule has 7 heteroatoms. The van der Waals surface area contributed by atoms with Gasteiger partial charge in [-0.25, -0.2) is 9.48 Å². The van der Waals surface area contributed by atoms with E-state index in [0.29, 0.717) is 10.6 Å². The van der Waals surface area contributed by atoms with Gasteiger partial charge in [-0.15, -0.1) is 16.4 Å². The molecule has 0 fully saturated rings. The third-order valence-corrected chi connectivity index (χ3v) is 4.49. The molecule has 0 atom stereocenters. The number of benzene rings is 2. The largest absolute Gasteiger partial charge is 0.422 e. The maximum Gasteiger partial charge on any atom is 0.354 e. The second-order valence-electron chi connectivity index (χ2n) is 5.17. The molecule has 0 amide bonds. The van der Waals surface area contributed by atoms with Crippen LogP contribution in [0.4, 0.5) is 0 Å². The summed E-state index contributed by atoms with van der Waals surface area (Å²) in [5.74, 6) is 0.0956. The minimum Gasteiger partial charge on any atom is -0.422 e. The Morgan fingerprint density at radius 1 is 1.00 bits per heavy atom. The fourth-order valence-corrected chi connectivity index (χ4v) is 3.20. The fourth-order valence-electron chi connectivity index (χ4n) is 2.41.